The summed E-state index contributed by atoms with van der Waals surface area (Å²) in [6.45, 7) is 3.11. The Morgan fingerprint density at radius 2 is 1.95 bits per heavy atom. The smallest absolute Gasteiger partial charge is 0.326 e. The molecule has 0 radical (unpaired) electrons. The number of aromatic amines is 1. The third-order valence-electron chi connectivity index (χ3n) is 3.24. The van der Waals surface area contributed by atoms with Crippen LogP contribution in [-0.2, 0) is 6.54 Å². The zero-order valence-corrected chi connectivity index (χ0v) is 11.3. The maximum absolute atomic E-state index is 12.1. The molecule has 1 N–H and O–H groups in total. The molecule has 3 rings (SSSR count). The molecule has 4 heteroatoms. The number of nitrogens with one attached hydrogen (secondary N) is 1. The van der Waals surface area contributed by atoms with Crippen molar-refractivity contribution in [2.24, 2.45) is 0 Å². The fraction of sp³-hybridized carbons (Fsp3) is 0.188. The Bertz CT molecular complexity index is 772. The largest absolute Gasteiger partial charge is 0.494 e. The summed E-state index contributed by atoms with van der Waals surface area (Å²) < 4.78 is 7.19. The fourth-order valence-corrected chi connectivity index (χ4v) is 2.32. The van der Waals surface area contributed by atoms with Gasteiger partial charge in [-0.05, 0) is 24.6 Å². The molecule has 0 aliphatic carbocycles. The number of H-pyrrole nitrogens is 1. The second-order valence-corrected chi connectivity index (χ2v) is 4.61. The van der Waals surface area contributed by atoms with Gasteiger partial charge in [0.1, 0.15) is 5.75 Å². The first-order valence-corrected chi connectivity index (χ1v) is 6.67. The standard InChI is InChI=1S/C16H16N2O2/c1-2-20-13-8-9-15-14(10-13)17-16(19)18(15)11-12-6-4-3-5-7-12/h3-10H,2,11H2,1H3,(H,17,19). The Balaban J connectivity index is 2.03. The number of fused-ring (bicyclic) bond motifs is 1. The van der Waals surface area contributed by atoms with Gasteiger partial charge in [-0.25, -0.2) is 4.79 Å². The van der Waals surface area contributed by atoms with Gasteiger partial charge in [0.2, 0.25) is 0 Å². The maximum Gasteiger partial charge on any atom is 0.326 e. The maximum atomic E-state index is 12.1. The summed E-state index contributed by atoms with van der Waals surface area (Å²) in [6, 6.07) is 15.6. The van der Waals surface area contributed by atoms with E-state index < -0.39 is 0 Å². The van der Waals surface area contributed by atoms with Crippen molar-refractivity contribution in [1.29, 1.82) is 0 Å². The monoisotopic (exact) mass is 268 g/mol. The molecule has 0 fully saturated rings. The Morgan fingerprint density at radius 3 is 2.70 bits per heavy atom. The quantitative estimate of drug-likeness (QED) is 0.791. The lowest BCUT2D eigenvalue weighted by atomic mass is 10.2. The minimum Gasteiger partial charge on any atom is -0.494 e. The summed E-state index contributed by atoms with van der Waals surface area (Å²) in [5.74, 6) is 0.771. The molecule has 3 aromatic rings. The minimum absolute atomic E-state index is 0.0995. The summed E-state index contributed by atoms with van der Waals surface area (Å²) in [5.41, 5.74) is 2.70. The van der Waals surface area contributed by atoms with Crippen molar-refractivity contribution in [3.63, 3.8) is 0 Å². The van der Waals surface area contributed by atoms with Crippen molar-refractivity contribution < 1.29 is 4.74 Å². The Hall–Kier alpha value is -2.49. The Labute approximate surface area is 116 Å². The highest BCUT2D eigenvalue weighted by Gasteiger charge is 2.08. The molecular weight excluding hydrogens is 252 g/mol. The van der Waals surface area contributed by atoms with Crippen molar-refractivity contribution >= 4 is 11.0 Å². The molecule has 0 aliphatic heterocycles. The number of hydrogen-bond acceptors (Lipinski definition) is 2. The summed E-state index contributed by atoms with van der Waals surface area (Å²) in [5, 5.41) is 0. The first-order chi connectivity index (χ1) is 9.78. The highest BCUT2D eigenvalue weighted by atomic mass is 16.5. The lowest BCUT2D eigenvalue weighted by Gasteiger charge is -2.05. The lowest BCUT2D eigenvalue weighted by Crippen LogP contribution is -2.17. The molecule has 1 heterocycles. The molecule has 0 amide bonds. The zero-order valence-electron chi connectivity index (χ0n) is 11.3. The van der Waals surface area contributed by atoms with Crippen LogP contribution < -0.4 is 10.4 Å². The summed E-state index contributed by atoms with van der Waals surface area (Å²) in [6.07, 6.45) is 0. The van der Waals surface area contributed by atoms with Crippen molar-refractivity contribution in [3.8, 4) is 5.75 Å². The molecule has 0 atom stereocenters. The summed E-state index contributed by atoms with van der Waals surface area (Å²) >= 11 is 0. The van der Waals surface area contributed by atoms with E-state index in [1.807, 2.05) is 55.5 Å². The van der Waals surface area contributed by atoms with E-state index in [9.17, 15) is 4.79 Å². The summed E-state index contributed by atoms with van der Waals surface area (Å²) in [7, 11) is 0. The minimum atomic E-state index is -0.0995. The van der Waals surface area contributed by atoms with Crippen molar-refractivity contribution in [3.05, 3.63) is 64.6 Å². The van der Waals surface area contributed by atoms with Crippen LogP contribution in [0, 0.1) is 0 Å². The Kier molecular flexibility index (Phi) is 3.29. The number of nitrogens with zero attached hydrogens (tertiary/aromatic N) is 1. The van der Waals surface area contributed by atoms with Crippen LogP contribution in [0.3, 0.4) is 0 Å². The molecule has 4 nitrogen and oxygen atoms in total. The number of rotatable bonds is 4. The molecule has 1 aromatic heterocycles. The van der Waals surface area contributed by atoms with E-state index in [2.05, 4.69) is 4.98 Å². The highest BCUT2D eigenvalue weighted by Crippen LogP contribution is 2.19. The van der Waals surface area contributed by atoms with E-state index in [1.165, 1.54) is 0 Å². The second kappa shape index (κ2) is 5.25. The van der Waals surface area contributed by atoms with Crippen LogP contribution in [0.5, 0.6) is 5.75 Å². The van der Waals surface area contributed by atoms with Crippen LogP contribution in [0.4, 0.5) is 0 Å². The molecule has 102 valence electrons. The molecule has 0 spiro atoms. The van der Waals surface area contributed by atoms with Gasteiger partial charge in [-0.3, -0.25) is 4.57 Å². The van der Waals surface area contributed by atoms with Crippen LogP contribution in [0.15, 0.2) is 53.3 Å². The van der Waals surface area contributed by atoms with Crippen LogP contribution in [0.25, 0.3) is 11.0 Å². The lowest BCUT2D eigenvalue weighted by molar-refractivity contribution is 0.340. The summed E-state index contributed by atoms with van der Waals surface area (Å²) in [4.78, 5) is 15.0. The van der Waals surface area contributed by atoms with E-state index in [-0.39, 0.29) is 5.69 Å². The van der Waals surface area contributed by atoms with Gasteiger partial charge in [0.15, 0.2) is 0 Å². The van der Waals surface area contributed by atoms with Gasteiger partial charge in [0.25, 0.3) is 0 Å². The van der Waals surface area contributed by atoms with Crippen LogP contribution in [0.2, 0.25) is 0 Å². The molecule has 0 saturated carbocycles. The number of aromatic nitrogens is 2. The predicted octanol–water partition coefficient (Wildman–Crippen LogP) is 2.78. The second-order valence-electron chi connectivity index (χ2n) is 4.61. The first-order valence-electron chi connectivity index (χ1n) is 6.67. The first kappa shape index (κ1) is 12.5. The van der Waals surface area contributed by atoms with Crippen LogP contribution in [-0.4, -0.2) is 16.2 Å². The predicted molar refractivity (Wildman–Crippen MR) is 79.3 cm³/mol. The number of benzene rings is 2. The van der Waals surface area contributed by atoms with E-state index in [0.717, 1.165) is 22.3 Å². The van der Waals surface area contributed by atoms with E-state index >= 15 is 0 Å². The fourth-order valence-electron chi connectivity index (χ4n) is 2.32. The SMILES string of the molecule is CCOc1ccc2c(c1)[nH]c(=O)n2Cc1ccccc1. The highest BCUT2D eigenvalue weighted by molar-refractivity contribution is 5.77. The molecule has 0 unspecified atom stereocenters. The third-order valence-corrected chi connectivity index (χ3v) is 3.24. The third kappa shape index (κ3) is 2.32. The van der Waals surface area contributed by atoms with Gasteiger partial charge in [0, 0.05) is 6.07 Å². The van der Waals surface area contributed by atoms with Crippen LogP contribution >= 0.6 is 0 Å². The molecular formula is C16H16N2O2. The van der Waals surface area contributed by atoms with Gasteiger partial charge in [-0.1, -0.05) is 30.3 Å². The zero-order chi connectivity index (χ0) is 13.9. The number of hydrogen-bond donors (Lipinski definition) is 1. The van der Waals surface area contributed by atoms with E-state index in [1.54, 1.807) is 4.57 Å². The number of imidazole rings is 1. The normalized spacial score (nSPS) is 10.8. The van der Waals surface area contributed by atoms with Gasteiger partial charge >= 0.3 is 5.69 Å². The van der Waals surface area contributed by atoms with E-state index in [4.69, 9.17) is 4.74 Å². The molecule has 2 aromatic carbocycles. The van der Waals surface area contributed by atoms with Gasteiger partial charge in [-0.15, -0.1) is 0 Å². The molecule has 0 bridgehead atoms. The van der Waals surface area contributed by atoms with Gasteiger partial charge in [-0.2, -0.15) is 0 Å². The van der Waals surface area contributed by atoms with Gasteiger partial charge < -0.3 is 9.72 Å². The van der Waals surface area contributed by atoms with Crippen molar-refractivity contribution in [2.45, 2.75) is 13.5 Å². The Morgan fingerprint density at radius 1 is 1.15 bits per heavy atom. The average molecular weight is 268 g/mol. The average Bonchev–Trinajstić information content (AvgIpc) is 2.76. The molecule has 0 aliphatic rings. The van der Waals surface area contributed by atoms with E-state index in [0.29, 0.717) is 13.2 Å². The van der Waals surface area contributed by atoms with Gasteiger partial charge in [0.05, 0.1) is 24.2 Å². The van der Waals surface area contributed by atoms with Crippen molar-refractivity contribution in [2.75, 3.05) is 6.61 Å². The molecule has 20 heavy (non-hydrogen) atoms. The number of ether oxygens (including phenoxy) is 1. The topological polar surface area (TPSA) is 47.0 Å². The molecule has 0 saturated heterocycles. The van der Waals surface area contributed by atoms with Crippen LogP contribution in [0.1, 0.15) is 12.5 Å². The van der Waals surface area contributed by atoms with Crippen molar-refractivity contribution in [1.82, 2.24) is 9.55 Å².